The minimum atomic E-state index is -0.421. The van der Waals surface area contributed by atoms with Gasteiger partial charge in [-0.1, -0.05) is 30.3 Å². The topological polar surface area (TPSA) is 49.6 Å². The van der Waals surface area contributed by atoms with Gasteiger partial charge in [0.25, 0.3) is 0 Å². The van der Waals surface area contributed by atoms with E-state index in [0.717, 1.165) is 31.7 Å². The Morgan fingerprint density at radius 3 is 2.44 bits per heavy atom. The summed E-state index contributed by atoms with van der Waals surface area (Å²) in [6.45, 7) is 3.45. The minimum absolute atomic E-state index is 0.0759. The second-order valence-corrected chi connectivity index (χ2v) is 4.92. The predicted octanol–water partition coefficient (Wildman–Crippen LogP) is 0.330. The molecule has 0 radical (unpaired) electrons. The fraction of sp³-hybridized carbons (Fsp3) is 0.500. The SMILES string of the molecule is CN1CCN(C(=O)C(N)Cc2ccccc2)CC1. The lowest BCUT2D eigenvalue weighted by Gasteiger charge is -2.33. The van der Waals surface area contributed by atoms with Crippen LogP contribution in [-0.2, 0) is 11.2 Å². The molecule has 1 aromatic rings. The van der Waals surface area contributed by atoms with E-state index in [1.54, 1.807) is 0 Å². The third-order valence-electron chi connectivity index (χ3n) is 3.43. The van der Waals surface area contributed by atoms with E-state index in [2.05, 4.69) is 11.9 Å². The van der Waals surface area contributed by atoms with Gasteiger partial charge in [-0.2, -0.15) is 0 Å². The van der Waals surface area contributed by atoms with E-state index in [-0.39, 0.29) is 5.91 Å². The maximum atomic E-state index is 12.2. The number of benzene rings is 1. The van der Waals surface area contributed by atoms with Crippen LogP contribution in [0.5, 0.6) is 0 Å². The number of amides is 1. The maximum absolute atomic E-state index is 12.2. The molecule has 1 aromatic carbocycles. The summed E-state index contributed by atoms with van der Waals surface area (Å²) in [4.78, 5) is 16.3. The fourth-order valence-electron chi connectivity index (χ4n) is 2.22. The van der Waals surface area contributed by atoms with Gasteiger partial charge in [0, 0.05) is 26.2 Å². The van der Waals surface area contributed by atoms with E-state index in [1.807, 2.05) is 35.2 Å². The zero-order valence-electron chi connectivity index (χ0n) is 10.9. The Hall–Kier alpha value is -1.39. The van der Waals surface area contributed by atoms with Crippen molar-refractivity contribution in [3.8, 4) is 0 Å². The van der Waals surface area contributed by atoms with Crippen molar-refractivity contribution < 1.29 is 4.79 Å². The van der Waals surface area contributed by atoms with Gasteiger partial charge in [0.05, 0.1) is 6.04 Å². The number of rotatable bonds is 3. The van der Waals surface area contributed by atoms with Crippen molar-refractivity contribution in [1.29, 1.82) is 0 Å². The lowest BCUT2D eigenvalue weighted by Crippen LogP contribution is -2.52. The first-order valence-corrected chi connectivity index (χ1v) is 6.43. The molecule has 18 heavy (non-hydrogen) atoms. The van der Waals surface area contributed by atoms with E-state index >= 15 is 0 Å². The molecule has 0 bridgehead atoms. The number of nitrogens with zero attached hydrogens (tertiary/aromatic N) is 2. The van der Waals surface area contributed by atoms with E-state index in [4.69, 9.17) is 5.73 Å². The van der Waals surface area contributed by atoms with Crippen LogP contribution in [-0.4, -0.2) is 55.0 Å². The average Bonchev–Trinajstić information content (AvgIpc) is 2.40. The van der Waals surface area contributed by atoms with Crippen molar-refractivity contribution >= 4 is 5.91 Å². The fourth-order valence-corrected chi connectivity index (χ4v) is 2.22. The average molecular weight is 247 g/mol. The zero-order chi connectivity index (χ0) is 13.0. The second kappa shape index (κ2) is 5.98. The van der Waals surface area contributed by atoms with E-state index in [1.165, 1.54) is 0 Å². The standard InChI is InChI=1S/C14H21N3O/c1-16-7-9-17(10-8-16)14(18)13(15)11-12-5-3-2-4-6-12/h2-6,13H,7-11,15H2,1H3. The van der Waals surface area contributed by atoms with Gasteiger partial charge in [-0.3, -0.25) is 4.79 Å². The highest BCUT2D eigenvalue weighted by Gasteiger charge is 2.23. The molecular weight excluding hydrogens is 226 g/mol. The highest BCUT2D eigenvalue weighted by atomic mass is 16.2. The molecule has 1 aliphatic heterocycles. The molecule has 0 aromatic heterocycles. The molecule has 2 N–H and O–H groups in total. The van der Waals surface area contributed by atoms with Gasteiger partial charge in [0.2, 0.25) is 5.91 Å². The van der Waals surface area contributed by atoms with Gasteiger partial charge in [0.1, 0.15) is 0 Å². The second-order valence-electron chi connectivity index (χ2n) is 4.92. The van der Waals surface area contributed by atoms with Gasteiger partial charge < -0.3 is 15.5 Å². The molecule has 1 heterocycles. The van der Waals surface area contributed by atoms with Crippen molar-refractivity contribution in [2.24, 2.45) is 5.73 Å². The first kappa shape index (κ1) is 13.1. The monoisotopic (exact) mass is 247 g/mol. The molecule has 0 aliphatic carbocycles. The number of carbonyl (C=O) groups is 1. The van der Waals surface area contributed by atoms with Gasteiger partial charge in [-0.15, -0.1) is 0 Å². The quantitative estimate of drug-likeness (QED) is 0.837. The van der Waals surface area contributed by atoms with Gasteiger partial charge in [0.15, 0.2) is 0 Å². The molecule has 1 atom stereocenters. The summed E-state index contributed by atoms with van der Waals surface area (Å²) in [5.74, 6) is 0.0759. The molecule has 0 spiro atoms. The third kappa shape index (κ3) is 3.31. The smallest absolute Gasteiger partial charge is 0.239 e. The predicted molar refractivity (Wildman–Crippen MR) is 72.2 cm³/mol. The number of piperazine rings is 1. The van der Waals surface area contributed by atoms with Crippen LogP contribution in [0.15, 0.2) is 30.3 Å². The molecular formula is C14H21N3O. The van der Waals surface area contributed by atoms with Crippen LogP contribution in [0.4, 0.5) is 0 Å². The zero-order valence-corrected chi connectivity index (χ0v) is 10.9. The van der Waals surface area contributed by atoms with Crippen molar-refractivity contribution in [2.75, 3.05) is 33.2 Å². The molecule has 1 unspecified atom stereocenters. The lowest BCUT2D eigenvalue weighted by molar-refractivity contribution is -0.134. The van der Waals surface area contributed by atoms with Crippen molar-refractivity contribution in [3.05, 3.63) is 35.9 Å². The molecule has 2 rings (SSSR count). The van der Waals surface area contributed by atoms with Gasteiger partial charge in [-0.25, -0.2) is 0 Å². The summed E-state index contributed by atoms with van der Waals surface area (Å²) in [6, 6.07) is 9.52. The minimum Gasteiger partial charge on any atom is -0.339 e. The number of carbonyl (C=O) groups excluding carboxylic acids is 1. The lowest BCUT2D eigenvalue weighted by atomic mass is 10.1. The van der Waals surface area contributed by atoms with Crippen molar-refractivity contribution in [2.45, 2.75) is 12.5 Å². The number of nitrogens with two attached hydrogens (primary N) is 1. The first-order chi connectivity index (χ1) is 8.66. The van der Waals surface area contributed by atoms with Crippen LogP contribution >= 0.6 is 0 Å². The van der Waals surface area contributed by atoms with Crippen LogP contribution in [0.25, 0.3) is 0 Å². The highest BCUT2D eigenvalue weighted by Crippen LogP contribution is 2.06. The highest BCUT2D eigenvalue weighted by molar-refractivity contribution is 5.82. The van der Waals surface area contributed by atoms with Crippen LogP contribution in [0.3, 0.4) is 0 Å². The van der Waals surface area contributed by atoms with Gasteiger partial charge >= 0.3 is 0 Å². The van der Waals surface area contributed by atoms with Gasteiger partial charge in [-0.05, 0) is 19.0 Å². The van der Waals surface area contributed by atoms with Crippen molar-refractivity contribution in [3.63, 3.8) is 0 Å². The largest absolute Gasteiger partial charge is 0.339 e. The summed E-state index contributed by atoms with van der Waals surface area (Å²) in [7, 11) is 2.08. The number of hydrogen-bond acceptors (Lipinski definition) is 3. The molecule has 4 heteroatoms. The Kier molecular flexibility index (Phi) is 4.33. The summed E-state index contributed by atoms with van der Waals surface area (Å²) in [5.41, 5.74) is 7.13. The normalized spacial score (nSPS) is 18.7. The molecule has 1 aliphatic rings. The first-order valence-electron chi connectivity index (χ1n) is 6.43. The van der Waals surface area contributed by atoms with Crippen molar-refractivity contribution in [1.82, 2.24) is 9.80 Å². The van der Waals surface area contributed by atoms with Crippen LogP contribution < -0.4 is 5.73 Å². The molecule has 4 nitrogen and oxygen atoms in total. The van der Waals surface area contributed by atoms with Crippen LogP contribution in [0.2, 0.25) is 0 Å². The Labute approximate surface area is 108 Å². The number of hydrogen-bond donors (Lipinski definition) is 1. The Balaban J connectivity index is 1.89. The third-order valence-corrected chi connectivity index (χ3v) is 3.43. The van der Waals surface area contributed by atoms with Crippen LogP contribution in [0, 0.1) is 0 Å². The Morgan fingerprint density at radius 2 is 1.83 bits per heavy atom. The molecule has 98 valence electrons. The van der Waals surface area contributed by atoms with E-state index in [0.29, 0.717) is 6.42 Å². The maximum Gasteiger partial charge on any atom is 0.239 e. The molecule has 1 amide bonds. The molecule has 0 saturated carbocycles. The van der Waals surface area contributed by atoms with E-state index < -0.39 is 6.04 Å². The summed E-state index contributed by atoms with van der Waals surface area (Å²) >= 11 is 0. The van der Waals surface area contributed by atoms with E-state index in [9.17, 15) is 4.79 Å². The molecule has 1 saturated heterocycles. The Morgan fingerprint density at radius 1 is 1.22 bits per heavy atom. The summed E-state index contributed by atoms with van der Waals surface area (Å²) in [6.07, 6.45) is 0.617. The number of likely N-dealkylation sites (N-methyl/N-ethyl adjacent to an activating group) is 1. The van der Waals surface area contributed by atoms with Crippen LogP contribution in [0.1, 0.15) is 5.56 Å². The molecule has 1 fully saturated rings. The Bertz CT molecular complexity index is 385. The summed E-state index contributed by atoms with van der Waals surface area (Å²) in [5, 5.41) is 0. The summed E-state index contributed by atoms with van der Waals surface area (Å²) < 4.78 is 0.